The first-order valence-electron chi connectivity index (χ1n) is 7.10. The molecule has 0 bridgehead atoms. The third-order valence-corrected chi connectivity index (χ3v) is 4.51. The smallest absolute Gasteiger partial charge is 0.256 e. The van der Waals surface area contributed by atoms with Crippen LogP contribution in [-0.4, -0.2) is 22.8 Å². The molecule has 0 spiro atoms. The normalized spacial score (nSPS) is 10.7. The second-order valence-corrected chi connectivity index (χ2v) is 6.04. The highest BCUT2D eigenvalue weighted by molar-refractivity contribution is 6.42. The molecule has 5 heteroatoms. The molecule has 0 aliphatic heterocycles. The Bertz CT molecular complexity index is 875. The number of halogens is 2. The molecule has 0 saturated heterocycles. The number of amides is 1. The average Bonchev–Trinajstić information content (AvgIpc) is 2.57. The number of benzene rings is 2. The van der Waals surface area contributed by atoms with E-state index < -0.39 is 0 Å². The molecule has 0 radical (unpaired) electrons. The number of hydrogen-bond donors (Lipinski definition) is 0. The maximum Gasteiger partial charge on any atom is 0.256 e. The van der Waals surface area contributed by atoms with Crippen LogP contribution in [0.4, 0.5) is 0 Å². The van der Waals surface area contributed by atoms with E-state index in [9.17, 15) is 4.79 Å². The fourth-order valence-electron chi connectivity index (χ4n) is 2.48. The molecule has 3 nitrogen and oxygen atoms in total. The summed E-state index contributed by atoms with van der Waals surface area (Å²) < 4.78 is 0. The van der Waals surface area contributed by atoms with Crippen molar-refractivity contribution in [1.29, 1.82) is 0 Å². The molecule has 0 fully saturated rings. The van der Waals surface area contributed by atoms with E-state index in [0.29, 0.717) is 27.7 Å². The Morgan fingerprint density at radius 2 is 1.83 bits per heavy atom. The second-order valence-electron chi connectivity index (χ2n) is 5.25. The molecule has 23 heavy (non-hydrogen) atoms. The van der Waals surface area contributed by atoms with Crippen molar-refractivity contribution in [2.75, 3.05) is 7.05 Å². The van der Waals surface area contributed by atoms with Gasteiger partial charge in [-0.05, 0) is 23.8 Å². The van der Waals surface area contributed by atoms with Gasteiger partial charge in [0.1, 0.15) is 0 Å². The van der Waals surface area contributed by atoms with E-state index in [1.54, 1.807) is 30.3 Å². The number of para-hydroxylation sites is 1. The highest BCUT2D eigenvalue weighted by atomic mass is 35.5. The standard InChI is InChI=1S/C18H14Cl2N2O/c1-22(11-13-6-3-9-15(19)16(13)20)18(23)14-8-2-5-12-7-4-10-21-17(12)14/h2-10H,11H2,1H3. The molecule has 0 aliphatic carbocycles. The largest absolute Gasteiger partial charge is 0.337 e. The van der Waals surface area contributed by atoms with Crippen LogP contribution in [0.5, 0.6) is 0 Å². The van der Waals surface area contributed by atoms with Crippen molar-refractivity contribution < 1.29 is 4.79 Å². The molecule has 1 amide bonds. The van der Waals surface area contributed by atoms with E-state index >= 15 is 0 Å². The predicted octanol–water partition coefficient (Wildman–Crippen LogP) is 4.81. The molecule has 0 unspecified atom stereocenters. The van der Waals surface area contributed by atoms with Crippen LogP contribution in [0.1, 0.15) is 15.9 Å². The van der Waals surface area contributed by atoms with Crippen LogP contribution >= 0.6 is 23.2 Å². The number of nitrogens with zero attached hydrogens (tertiary/aromatic N) is 2. The number of rotatable bonds is 3. The Hall–Kier alpha value is -2.10. The SMILES string of the molecule is CN(Cc1cccc(Cl)c1Cl)C(=O)c1cccc2cccnc12. The molecule has 0 atom stereocenters. The number of hydrogen-bond acceptors (Lipinski definition) is 2. The van der Waals surface area contributed by atoms with E-state index in [-0.39, 0.29) is 5.91 Å². The van der Waals surface area contributed by atoms with Crippen molar-refractivity contribution in [1.82, 2.24) is 9.88 Å². The second kappa shape index (κ2) is 6.57. The third-order valence-electron chi connectivity index (χ3n) is 3.65. The van der Waals surface area contributed by atoms with Crippen LogP contribution in [0.15, 0.2) is 54.7 Å². The number of aromatic nitrogens is 1. The summed E-state index contributed by atoms with van der Waals surface area (Å²) in [5.41, 5.74) is 2.08. The van der Waals surface area contributed by atoms with Gasteiger partial charge in [-0.15, -0.1) is 0 Å². The molecule has 1 aromatic heterocycles. The summed E-state index contributed by atoms with van der Waals surface area (Å²) in [6.07, 6.45) is 1.69. The van der Waals surface area contributed by atoms with Crippen LogP contribution in [-0.2, 0) is 6.54 Å². The van der Waals surface area contributed by atoms with Crippen LogP contribution < -0.4 is 0 Å². The highest BCUT2D eigenvalue weighted by Crippen LogP contribution is 2.27. The number of fused-ring (bicyclic) bond motifs is 1. The van der Waals surface area contributed by atoms with E-state index in [4.69, 9.17) is 23.2 Å². The Kier molecular flexibility index (Phi) is 4.51. The molecule has 0 saturated carbocycles. The summed E-state index contributed by atoms with van der Waals surface area (Å²) in [5, 5.41) is 1.90. The van der Waals surface area contributed by atoms with Gasteiger partial charge < -0.3 is 4.90 Å². The summed E-state index contributed by atoms with van der Waals surface area (Å²) in [6, 6.07) is 14.8. The number of carbonyl (C=O) groups is 1. The van der Waals surface area contributed by atoms with Crippen LogP contribution in [0.3, 0.4) is 0 Å². The predicted molar refractivity (Wildman–Crippen MR) is 94.0 cm³/mol. The molecular formula is C18H14Cl2N2O. The Labute approximate surface area is 144 Å². The zero-order valence-electron chi connectivity index (χ0n) is 12.5. The summed E-state index contributed by atoms with van der Waals surface area (Å²) in [7, 11) is 1.74. The van der Waals surface area contributed by atoms with Gasteiger partial charge in [0.05, 0.1) is 21.1 Å². The van der Waals surface area contributed by atoms with Gasteiger partial charge in [-0.1, -0.05) is 53.5 Å². The van der Waals surface area contributed by atoms with E-state index in [0.717, 1.165) is 10.9 Å². The first kappa shape index (κ1) is 15.8. The molecule has 0 N–H and O–H groups in total. The lowest BCUT2D eigenvalue weighted by atomic mass is 10.1. The van der Waals surface area contributed by atoms with Gasteiger partial charge in [-0.3, -0.25) is 9.78 Å². The zero-order chi connectivity index (χ0) is 16.4. The van der Waals surface area contributed by atoms with Gasteiger partial charge in [0, 0.05) is 25.2 Å². The summed E-state index contributed by atoms with van der Waals surface area (Å²) in [4.78, 5) is 18.7. The minimum absolute atomic E-state index is 0.106. The van der Waals surface area contributed by atoms with Crippen molar-refractivity contribution in [2.24, 2.45) is 0 Å². The fourth-order valence-corrected chi connectivity index (χ4v) is 2.86. The van der Waals surface area contributed by atoms with Crippen molar-refractivity contribution in [3.8, 4) is 0 Å². The van der Waals surface area contributed by atoms with Gasteiger partial charge in [0.2, 0.25) is 0 Å². The summed E-state index contributed by atoms with van der Waals surface area (Å²) in [6.45, 7) is 0.376. The Morgan fingerprint density at radius 3 is 2.65 bits per heavy atom. The zero-order valence-corrected chi connectivity index (χ0v) is 14.0. The van der Waals surface area contributed by atoms with Crippen LogP contribution in [0, 0.1) is 0 Å². The first-order chi connectivity index (χ1) is 11.1. The highest BCUT2D eigenvalue weighted by Gasteiger charge is 2.17. The Morgan fingerprint density at radius 1 is 1.09 bits per heavy atom. The fraction of sp³-hybridized carbons (Fsp3) is 0.111. The van der Waals surface area contributed by atoms with Gasteiger partial charge in [-0.2, -0.15) is 0 Å². The van der Waals surface area contributed by atoms with Crippen molar-refractivity contribution in [3.05, 3.63) is 75.9 Å². The van der Waals surface area contributed by atoms with Crippen LogP contribution in [0.2, 0.25) is 10.0 Å². The minimum Gasteiger partial charge on any atom is -0.337 e. The van der Waals surface area contributed by atoms with Crippen molar-refractivity contribution in [2.45, 2.75) is 6.54 Å². The third kappa shape index (κ3) is 3.16. The van der Waals surface area contributed by atoms with E-state index in [1.807, 2.05) is 36.4 Å². The van der Waals surface area contributed by atoms with E-state index in [2.05, 4.69) is 4.98 Å². The Balaban J connectivity index is 1.91. The molecular weight excluding hydrogens is 331 g/mol. The molecule has 116 valence electrons. The maximum absolute atomic E-state index is 12.8. The van der Waals surface area contributed by atoms with Gasteiger partial charge >= 0.3 is 0 Å². The van der Waals surface area contributed by atoms with Gasteiger partial charge in [0.15, 0.2) is 0 Å². The first-order valence-corrected chi connectivity index (χ1v) is 7.85. The number of pyridine rings is 1. The van der Waals surface area contributed by atoms with Gasteiger partial charge in [-0.25, -0.2) is 0 Å². The lowest BCUT2D eigenvalue weighted by Gasteiger charge is -2.19. The number of carbonyl (C=O) groups excluding carboxylic acids is 1. The van der Waals surface area contributed by atoms with E-state index in [1.165, 1.54) is 0 Å². The van der Waals surface area contributed by atoms with Gasteiger partial charge in [0.25, 0.3) is 5.91 Å². The summed E-state index contributed by atoms with van der Waals surface area (Å²) in [5.74, 6) is -0.106. The quantitative estimate of drug-likeness (QED) is 0.682. The maximum atomic E-state index is 12.8. The topological polar surface area (TPSA) is 33.2 Å². The molecule has 0 aliphatic rings. The molecule has 3 aromatic rings. The molecule has 1 heterocycles. The van der Waals surface area contributed by atoms with Crippen molar-refractivity contribution in [3.63, 3.8) is 0 Å². The monoisotopic (exact) mass is 344 g/mol. The van der Waals surface area contributed by atoms with Crippen LogP contribution in [0.25, 0.3) is 10.9 Å². The lowest BCUT2D eigenvalue weighted by Crippen LogP contribution is -2.26. The van der Waals surface area contributed by atoms with Crippen molar-refractivity contribution >= 4 is 40.0 Å². The lowest BCUT2D eigenvalue weighted by molar-refractivity contribution is 0.0787. The molecule has 2 aromatic carbocycles. The average molecular weight is 345 g/mol. The molecule has 3 rings (SSSR count). The minimum atomic E-state index is -0.106. The summed E-state index contributed by atoms with van der Waals surface area (Å²) >= 11 is 12.2.